The number of anilines is 1. The van der Waals surface area contributed by atoms with E-state index in [9.17, 15) is 0 Å². The molecular formula is C14H21NO. The molecule has 0 unspecified atom stereocenters. The first kappa shape index (κ1) is 11.3. The quantitative estimate of drug-likeness (QED) is 0.674. The van der Waals surface area contributed by atoms with Gasteiger partial charge in [0, 0.05) is 6.54 Å². The molecule has 1 aromatic carbocycles. The zero-order valence-electron chi connectivity index (χ0n) is 10.1. The number of fused-ring (bicyclic) bond motifs is 1. The minimum Gasteiger partial charge on any atom is -0.471 e. The van der Waals surface area contributed by atoms with Crippen LogP contribution in [0.1, 0.15) is 39.0 Å². The molecule has 88 valence electrons. The van der Waals surface area contributed by atoms with Crippen LogP contribution in [0.5, 0.6) is 5.75 Å². The molecule has 1 heterocycles. The molecule has 0 atom stereocenters. The zero-order valence-corrected chi connectivity index (χ0v) is 10.1. The van der Waals surface area contributed by atoms with Crippen molar-refractivity contribution in [1.29, 1.82) is 0 Å². The maximum Gasteiger partial charge on any atom is 0.161 e. The van der Waals surface area contributed by atoms with Gasteiger partial charge in [-0.1, -0.05) is 44.7 Å². The van der Waals surface area contributed by atoms with Gasteiger partial charge in [0.2, 0.25) is 0 Å². The SMILES string of the molecule is CCCCCCCN1COc2ccccc21. The summed E-state index contributed by atoms with van der Waals surface area (Å²) in [6, 6.07) is 8.31. The summed E-state index contributed by atoms with van der Waals surface area (Å²) in [6.45, 7) is 4.11. The van der Waals surface area contributed by atoms with Crippen molar-refractivity contribution in [3.05, 3.63) is 24.3 Å². The summed E-state index contributed by atoms with van der Waals surface area (Å²) in [5.41, 5.74) is 1.26. The van der Waals surface area contributed by atoms with Crippen molar-refractivity contribution in [1.82, 2.24) is 0 Å². The van der Waals surface area contributed by atoms with Crippen molar-refractivity contribution in [3.63, 3.8) is 0 Å². The normalized spacial score (nSPS) is 13.7. The topological polar surface area (TPSA) is 12.5 Å². The molecule has 0 aromatic heterocycles. The second kappa shape index (κ2) is 5.78. The third kappa shape index (κ3) is 2.69. The number of benzene rings is 1. The molecule has 1 aliphatic heterocycles. The van der Waals surface area contributed by atoms with Crippen LogP contribution in [-0.4, -0.2) is 13.3 Å². The molecule has 0 amide bonds. The van der Waals surface area contributed by atoms with E-state index >= 15 is 0 Å². The van der Waals surface area contributed by atoms with Gasteiger partial charge in [-0.2, -0.15) is 0 Å². The molecule has 0 fully saturated rings. The van der Waals surface area contributed by atoms with Gasteiger partial charge in [0.05, 0.1) is 5.69 Å². The minimum absolute atomic E-state index is 0.729. The van der Waals surface area contributed by atoms with E-state index in [1.165, 1.54) is 37.8 Å². The highest BCUT2D eigenvalue weighted by Gasteiger charge is 2.18. The fraction of sp³-hybridized carbons (Fsp3) is 0.571. The molecule has 2 rings (SSSR count). The Labute approximate surface area is 98.2 Å². The molecule has 16 heavy (non-hydrogen) atoms. The molecule has 0 radical (unpaired) electrons. The van der Waals surface area contributed by atoms with Crippen molar-refractivity contribution >= 4 is 5.69 Å². The lowest BCUT2D eigenvalue weighted by Gasteiger charge is -2.15. The van der Waals surface area contributed by atoms with Gasteiger partial charge in [-0.25, -0.2) is 0 Å². The molecule has 1 aromatic rings. The summed E-state index contributed by atoms with van der Waals surface area (Å²) < 4.78 is 5.62. The molecular weight excluding hydrogens is 198 g/mol. The highest BCUT2D eigenvalue weighted by molar-refractivity contribution is 5.60. The molecule has 0 bridgehead atoms. The number of ether oxygens (including phenoxy) is 1. The molecule has 0 saturated heterocycles. The van der Waals surface area contributed by atoms with Crippen molar-refractivity contribution in [2.75, 3.05) is 18.2 Å². The average molecular weight is 219 g/mol. The summed E-state index contributed by atoms with van der Waals surface area (Å²) in [6.07, 6.45) is 6.67. The number of nitrogens with zero attached hydrogens (tertiary/aromatic N) is 1. The Kier molecular flexibility index (Phi) is 4.09. The Morgan fingerprint density at radius 2 is 1.94 bits per heavy atom. The Balaban J connectivity index is 1.76. The molecule has 0 N–H and O–H groups in total. The van der Waals surface area contributed by atoms with Gasteiger partial charge in [0.1, 0.15) is 5.75 Å². The van der Waals surface area contributed by atoms with Crippen molar-refractivity contribution < 1.29 is 4.74 Å². The van der Waals surface area contributed by atoms with Crippen molar-refractivity contribution in [2.24, 2.45) is 0 Å². The summed E-state index contributed by atoms with van der Waals surface area (Å²) in [4.78, 5) is 2.33. The van der Waals surface area contributed by atoms with E-state index in [2.05, 4.69) is 24.0 Å². The Hall–Kier alpha value is -1.18. The van der Waals surface area contributed by atoms with Gasteiger partial charge < -0.3 is 9.64 Å². The Morgan fingerprint density at radius 3 is 2.81 bits per heavy atom. The van der Waals surface area contributed by atoms with Crippen LogP contribution in [0.2, 0.25) is 0 Å². The lowest BCUT2D eigenvalue weighted by molar-refractivity contribution is 0.345. The number of hydrogen-bond acceptors (Lipinski definition) is 2. The zero-order chi connectivity index (χ0) is 11.2. The number of unbranched alkanes of at least 4 members (excludes halogenated alkanes) is 4. The maximum absolute atomic E-state index is 5.62. The van der Waals surface area contributed by atoms with E-state index < -0.39 is 0 Å². The van der Waals surface area contributed by atoms with Crippen LogP contribution >= 0.6 is 0 Å². The van der Waals surface area contributed by atoms with Crippen LogP contribution in [0.4, 0.5) is 5.69 Å². The van der Waals surface area contributed by atoms with Crippen molar-refractivity contribution in [3.8, 4) is 5.75 Å². The third-order valence-corrected chi connectivity index (χ3v) is 3.11. The molecule has 0 aliphatic carbocycles. The second-order valence-corrected chi connectivity index (χ2v) is 4.42. The lowest BCUT2D eigenvalue weighted by atomic mass is 10.1. The Morgan fingerprint density at radius 1 is 1.12 bits per heavy atom. The van der Waals surface area contributed by atoms with E-state index in [0.717, 1.165) is 19.0 Å². The number of rotatable bonds is 6. The largest absolute Gasteiger partial charge is 0.471 e. The first-order valence-corrected chi connectivity index (χ1v) is 6.38. The molecule has 0 saturated carbocycles. The first-order chi connectivity index (χ1) is 7.92. The summed E-state index contributed by atoms with van der Waals surface area (Å²) in [5, 5.41) is 0. The van der Waals surface area contributed by atoms with E-state index in [1.54, 1.807) is 0 Å². The second-order valence-electron chi connectivity index (χ2n) is 4.42. The minimum atomic E-state index is 0.729. The fourth-order valence-electron chi connectivity index (χ4n) is 2.15. The summed E-state index contributed by atoms with van der Waals surface area (Å²) in [5.74, 6) is 1.04. The van der Waals surface area contributed by atoms with Crippen molar-refractivity contribution in [2.45, 2.75) is 39.0 Å². The first-order valence-electron chi connectivity index (χ1n) is 6.38. The van der Waals surface area contributed by atoms with E-state index in [1.807, 2.05) is 12.1 Å². The van der Waals surface area contributed by atoms with Gasteiger partial charge in [-0.05, 0) is 18.6 Å². The van der Waals surface area contributed by atoms with E-state index in [4.69, 9.17) is 4.74 Å². The van der Waals surface area contributed by atoms with Gasteiger partial charge in [-0.3, -0.25) is 0 Å². The van der Waals surface area contributed by atoms with Gasteiger partial charge in [0.25, 0.3) is 0 Å². The molecule has 1 aliphatic rings. The van der Waals surface area contributed by atoms with Crippen LogP contribution in [0.15, 0.2) is 24.3 Å². The van der Waals surface area contributed by atoms with Gasteiger partial charge in [-0.15, -0.1) is 0 Å². The predicted molar refractivity (Wildman–Crippen MR) is 68.0 cm³/mol. The highest BCUT2D eigenvalue weighted by Crippen LogP contribution is 2.33. The Bertz CT molecular complexity index is 324. The predicted octanol–water partition coefficient (Wildman–Crippen LogP) is 3.81. The fourth-order valence-corrected chi connectivity index (χ4v) is 2.15. The van der Waals surface area contributed by atoms with Crippen LogP contribution in [0, 0.1) is 0 Å². The smallest absolute Gasteiger partial charge is 0.161 e. The lowest BCUT2D eigenvalue weighted by Crippen LogP contribution is -2.23. The molecule has 0 spiro atoms. The average Bonchev–Trinajstić information content (AvgIpc) is 2.73. The van der Waals surface area contributed by atoms with Crippen LogP contribution < -0.4 is 9.64 Å². The van der Waals surface area contributed by atoms with E-state index in [0.29, 0.717) is 0 Å². The summed E-state index contributed by atoms with van der Waals surface area (Å²) in [7, 11) is 0. The third-order valence-electron chi connectivity index (χ3n) is 3.11. The van der Waals surface area contributed by atoms with Crippen LogP contribution in [-0.2, 0) is 0 Å². The van der Waals surface area contributed by atoms with Gasteiger partial charge >= 0.3 is 0 Å². The molecule has 2 nitrogen and oxygen atoms in total. The van der Waals surface area contributed by atoms with Gasteiger partial charge in [0.15, 0.2) is 6.73 Å². The standard InChI is InChI=1S/C14H21NO/c1-2-3-4-5-8-11-15-12-16-14-10-7-6-9-13(14)15/h6-7,9-10H,2-5,8,11-12H2,1H3. The molecule has 2 heteroatoms. The number of hydrogen-bond donors (Lipinski definition) is 0. The van der Waals surface area contributed by atoms with Crippen LogP contribution in [0.3, 0.4) is 0 Å². The number of para-hydroxylation sites is 2. The van der Waals surface area contributed by atoms with Crippen LogP contribution in [0.25, 0.3) is 0 Å². The monoisotopic (exact) mass is 219 g/mol. The van der Waals surface area contributed by atoms with E-state index in [-0.39, 0.29) is 0 Å². The highest BCUT2D eigenvalue weighted by atomic mass is 16.5. The maximum atomic E-state index is 5.62. The summed E-state index contributed by atoms with van der Waals surface area (Å²) >= 11 is 0.